The maximum absolute atomic E-state index is 11.3. The summed E-state index contributed by atoms with van der Waals surface area (Å²) in [5.74, 6) is -0.857. The molecule has 2 heterocycles. The molecule has 0 aromatic heterocycles. The molecule has 0 saturated carbocycles. The van der Waals surface area contributed by atoms with Gasteiger partial charge in [0.25, 0.3) is 0 Å². The van der Waals surface area contributed by atoms with Gasteiger partial charge >= 0.3 is 5.97 Å². The molecule has 1 fully saturated rings. The third kappa shape index (κ3) is 3.57. The summed E-state index contributed by atoms with van der Waals surface area (Å²) in [6.07, 6.45) is 5.07. The van der Waals surface area contributed by atoms with E-state index in [1.807, 2.05) is 11.8 Å². The highest BCUT2D eigenvalue weighted by Crippen LogP contribution is 2.45. The number of aliphatic carboxylic acids is 1. The van der Waals surface area contributed by atoms with Crippen molar-refractivity contribution in [1.29, 1.82) is 0 Å². The van der Waals surface area contributed by atoms with Crippen LogP contribution in [0.1, 0.15) is 30.4 Å². The van der Waals surface area contributed by atoms with Gasteiger partial charge in [-0.15, -0.1) is 0 Å². The van der Waals surface area contributed by atoms with Crippen LogP contribution in [-0.2, 0) is 4.79 Å². The van der Waals surface area contributed by atoms with Crippen LogP contribution < -0.4 is 0 Å². The molecule has 2 aliphatic rings. The first kappa shape index (κ1) is 17.4. The number of hydrogen-bond acceptors (Lipinski definition) is 3. The minimum absolute atomic E-state index is 0.205. The molecule has 4 rings (SSSR count). The van der Waals surface area contributed by atoms with Gasteiger partial charge in [0, 0.05) is 22.9 Å². The van der Waals surface area contributed by atoms with Crippen molar-refractivity contribution >= 4 is 23.3 Å². The largest absolute Gasteiger partial charge is 0.481 e. The summed E-state index contributed by atoms with van der Waals surface area (Å²) in [5, 5.41) is 9.26. The number of nitrogens with zero attached hydrogens (tertiary/aromatic N) is 1. The van der Waals surface area contributed by atoms with Crippen LogP contribution in [0.4, 0.5) is 0 Å². The summed E-state index contributed by atoms with van der Waals surface area (Å²) in [4.78, 5) is 16.2. The molecule has 2 aromatic carbocycles. The minimum Gasteiger partial charge on any atom is -0.481 e. The molecule has 26 heavy (non-hydrogen) atoms. The number of rotatable bonds is 4. The zero-order chi connectivity index (χ0) is 17.9. The first-order valence-corrected chi connectivity index (χ1v) is 10.1. The van der Waals surface area contributed by atoms with Gasteiger partial charge in [-0.3, -0.25) is 4.79 Å². The van der Waals surface area contributed by atoms with Crippen molar-refractivity contribution in [3.8, 4) is 0 Å². The van der Waals surface area contributed by atoms with Crippen LogP contribution in [0.25, 0.3) is 5.57 Å². The Kier molecular flexibility index (Phi) is 5.14. The van der Waals surface area contributed by atoms with Crippen molar-refractivity contribution in [3.05, 3.63) is 65.7 Å². The molecule has 1 N–H and O–H groups in total. The maximum Gasteiger partial charge on any atom is 0.307 e. The summed E-state index contributed by atoms with van der Waals surface area (Å²) in [7, 11) is 0. The lowest BCUT2D eigenvalue weighted by Crippen LogP contribution is -2.39. The third-order valence-corrected chi connectivity index (χ3v) is 6.37. The van der Waals surface area contributed by atoms with E-state index in [2.05, 4.69) is 59.5 Å². The fraction of sp³-hybridized carbons (Fsp3) is 0.318. The number of carboxylic acids is 1. The van der Waals surface area contributed by atoms with E-state index in [1.54, 1.807) is 0 Å². The summed E-state index contributed by atoms with van der Waals surface area (Å²) < 4.78 is 0. The smallest absolute Gasteiger partial charge is 0.307 e. The molecule has 4 heteroatoms. The number of benzene rings is 2. The number of carbonyl (C=O) groups is 1. The Morgan fingerprint density at radius 2 is 1.77 bits per heavy atom. The van der Waals surface area contributed by atoms with Crippen molar-refractivity contribution < 1.29 is 9.90 Å². The summed E-state index contributed by atoms with van der Waals surface area (Å²) in [6, 6.07) is 17.2. The molecule has 134 valence electrons. The third-order valence-electron chi connectivity index (χ3n) is 5.22. The van der Waals surface area contributed by atoms with E-state index in [4.69, 9.17) is 0 Å². The maximum atomic E-state index is 11.3. The number of piperidine rings is 1. The minimum atomic E-state index is -0.653. The molecule has 1 saturated heterocycles. The molecule has 0 spiro atoms. The quantitative estimate of drug-likeness (QED) is 0.723. The van der Waals surface area contributed by atoms with Gasteiger partial charge in [0.05, 0.1) is 5.92 Å². The van der Waals surface area contributed by atoms with Crippen molar-refractivity contribution in [3.63, 3.8) is 0 Å². The number of hydrogen-bond donors (Lipinski definition) is 1. The second-order valence-corrected chi connectivity index (χ2v) is 8.06. The molecule has 0 amide bonds. The van der Waals surface area contributed by atoms with Crippen molar-refractivity contribution in [2.45, 2.75) is 29.1 Å². The Morgan fingerprint density at radius 1 is 1.12 bits per heavy atom. The Bertz CT molecular complexity index is 798. The average molecular weight is 365 g/mol. The molecule has 0 aliphatic carbocycles. The first-order chi connectivity index (χ1) is 12.7. The van der Waals surface area contributed by atoms with Gasteiger partial charge in [0.2, 0.25) is 0 Å². The zero-order valence-corrected chi connectivity index (χ0v) is 15.5. The second-order valence-electron chi connectivity index (χ2n) is 6.98. The fourth-order valence-corrected chi connectivity index (χ4v) is 5.00. The van der Waals surface area contributed by atoms with Crippen LogP contribution >= 0.6 is 11.8 Å². The van der Waals surface area contributed by atoms with Gasteiger partial charge in [0.15, 0.2) is 0 Å². The standard InChI is InChI=1S/C22H23NO2S/c24-22(25)16-7-5-13-23(15-16)14-6-10-17-18-8-1-3-11-20(18)26-21-12-4-2-9-19(17)21/h1-4,8-12,16H,5-7,13-15H2,(H,24,25). The molecule has 2 aliphatic heterocycles. The highest BCUT2D eigenvalue weighted by molar-refractivity contribution is 7.99. The van der Waals surface area contributed by atoms with Crippen molar-refractivity contribution in [2.75, 3.05) is 19.6 Å². The molecular formula is C22H23NO2S. The average Bonchev–Trinajstić information content (AvgIpc) is 2.67. The van der Waals surface area contributed by atoms with Crippen LogP contribution in [0, 0.1) is 5.92 Å². The summed E-state index contributed by atoms with van der Waals surface area (Å²) in [5.41, 5.74) is 3.92. The van der Waals surface area contributed by atoms with Crippen LogP contribution in [0.3, 0.4) is 0 Å². The summed E-state index contributed by atoms with van der Waals surface area (Å²) >= 11 is 1.83. The zero-order valence-electron chi connectivity index (χ0n) is 14.7. The first-order valence-electron chi connectivity index (χ1n) is 9.24. The van der Waals surface area contributed by atoms with Gasteiger partial charge in [0.1, 0.15) is 0 Å². The van der Waals surface area contributed by atoms with E-state index in [0.717, 1.165) is 32.4 Å². The Morgan fingerprint density at radius 3 is 2.42 bits per heavy atom. The van der Waals surface area contributed by atoms with Crippen molar-refractivity contribution in [2.24, 2.45) is 5.92 Å². The predicted octanol–water partition coefficient (Wildman–Crippen LogP) is 4.77. The van der Waals surface area contributed by atoms with Gasteiger partial charge in [-0.2, -0.15) is 0 Å². The van der Waals surface area contributed by atoms with E-state index in [0.29, 0.717) is 6.54 Å². The van der Waals surface area contributed by atoms with Crippen LogP contribution in [0.15, 0.2) is 64.4 Å². The van der Waals surface area contributed by atoms with Crippen molar-refractivity contribution in [1.82, 2.24) is 4.90 Å². The van der Waals surface area contributed by atoms with E-state index >= 15 is 0 Å². The fourth-order valence-electron chi connectivity index (χ4n) is 3.89. The van der Waals surface area contributed by atoms with Gasteiger partial charge in [-0.1, -0.05) is 54.2 Å². The van der Waals surface area contributed by atoms with E-state index in [1.165, 1.54) is 26.5 Å². The van der Waals surface area contributed by atoms with E-state index in [9.17, 15) is 9.90 Å². The van der Waals surface area contributed by atoms with Crippen LogP contribution in [0.5, 0.6) is 0 Å². The molecule has 3 nitrogen and oxygen atoms in total. The highest BCUT2D eigenvalue weighted by atomic mass is 32.2. The predicted molar refractivity (Wildman–Crippen MR) is 106 cm³/mol. The number of carboxylic acid groups (broad SMARTS) is 1. The SMILES string of the molecule is O=C(O)C1CCCN(CCC=C2c3ccccc3Sc3ccccc32)C1. The van der Waals surface area contributed by atoms with Gasteiger partial charge in [-0.25, -0.2) is 0 Å². The molecule has 0 radical (unpaired) electrons. The lowest BCUT2D eigenvalue weighted by molar-refractivity contribution is -0.143. The molecule has 2 aromatic rings. The Labute approximate surface area is 158 Å². The molecule has 1 atom stereocenters. The van der Waals surface area contributed by atoms with E-state index in [-0.39, 0.29) is 5.92 Å². The lowest BCUT2D eigenvalue weighted by atomic mass is 9.95. The topological polar surface area (TPSA) is 40.5 Å². The van der Waals surface area contributed by atoms with E-state index < -0.39 is 5.97 Å². The normalized spacial score (nSPS) is 19.5. The highest BCUT2D eigenvalue weighted by Gasteiger charge is 2.25. The summed E-state index contributed by atoms with van der Waals surface area (Å²) in [6.45, 7) is 2.61. The Hall–Kier alpha value is -2.04. The molecule has 0 bridgehead atoms. The lowest BCUT2D eigenvalue weighted by Gasteiger charge is -2.30. The van der Waals surface area contributed by atoms with Gasteiger partial charge in [-0.05, 0) is 54.6 Å². The number of likely N-dealkylation sites (tertiary alicyclic amines) is 1. The molecular weight excluding hydrogens is 342 g/mol. The number of fused-ring (bicyclic) bond motifs is 2. The Balaban J connectivity index is 1.53. The monoisotopic (exact) mass is 365 g/mol. The van der Waals surface area contributed by atoms with Crippen LogP contribution in [-0.4, -0.2) is 35.6 Å². The van der Waals surface area contributed by atoms with Crippen LogP contribution in [0.2, 0.25) is 0 Å². The molecule has 1 unspecified atom stereocenters. The second kappa shape index (κ2) is 7.68. The van der Waals surface area contributed by atoms with Gasteiger partial charge < -0.3 is 10.0 Å².